The van der Waals surface area contributed by atoms with Gasteiger partial charge in [-0.2, -0.15) is 0 Å². The zero-order valence-corrected chi connectivity index (χ0v) is 20.6. The Morgan fingerprint density at radius 2 is 1.17 bits per heavy atom. The standard InChI is InChI=1S/C21H16Cl4N2O8/c22-15-3-1-11(5-17(15)26(30)31)7-19(28)34-9-13-14(21(13,24)25)10-35-20(29)8-12-2-4-16(23)18(6-12)27(32)33/h1-6,13-14H,7-10H2. The number of nitro groups is 2. The van der Waals surface area contributed by atoms with Crippen LogP contribution in [0.5, 0.6) is 0 Å². The second kappa shape index (κ2) is 10.9. The van der Waals surface area contributed by atoms with Crippen LogP contribution in [0.4, 0.5) is 11.4 Å². The third-order valence-corrected chi connectivity index (χ3v) is 7.08. The number of rotatable bonds is 10. The molecule has 14 heteroatoms. The molecule has 1 saturated carbocycles. The van der Waals surface area contributed by atoms with Crippen molar-refractivity contribution in [2.45, 2.75) is 17.2 Å². The highest BCUT2D eigenvalue weighted by atomic mass is 35.5. The molecule has 35 heavy (non-hydrogen) atoms. The minimum atomic E-state index is -1.28. The Balaban J connectivity index is 1.47. The smallest absolute Gasteiger partial charge is 0.310 e. The van der Waals surface area contributed by atoms with Crippen LogP contribution in [0.2, 0.25) is 10.0 Å². The maximum atomic E-state index is 12.1. The molecule has 1 fully saturated rings. The summed E-state index contributed by atoms with van der Waals surface area (Å²) in [5, 5.41) is 21.8. The number of halogens is 4. The normalized spacial score (nSPS) is 17.9. The molecule has 186 valence electrons. The fraction of sp³-hybridized carbons (Fsp3) is 0.333. The summed E-state index contributed by atoms with van der Waals surface area (Å²) in [6.45, 7) is -0.291. The van der Waals surface area contributed by atoms with Crippen LogP contribution in [0.25, 0.3) is 0 Å². The lowest BCUT2D eigenvalue weighted by Crippen LogP contribution is -2.13. The van der Waals surface area contributed by atoms with Crippen molar-refractivity contribution in [2.24, 2.45) is 11.8 Å². The largest absolute Gasteiger partial charge is 0.465 e. The van der Waals surface area contributed by atoms with Gasteiger partial charge in [-0.25, -0.2) is 0 Å². The number of nitro benzene ring substituents is 2. The summed E-state index contributed by atoms with van der Waals surface area (Å²) in [6.07, 6.45) is -0.454. The van der Waals surface area contributed by atoms with Crippen LogP contribution in [-0.4, -0.2) is 39.3 Å². The summed E-state index contributed by atoms with van der Waals surface area (Å²) in [7, 11) is 0. The van der Waals surface area contributed by atoms with Gasteiger partial charge in [-0.15, -0.1) is 23.2 Å². The van der Waals surface area contributed by atoms with E-state index in [4.69, 9.17) is 55.9 Å². The summed E-state index contributed by atoms with van der Waals surface area (Å²) >= 11 is 23.9. The van der Waals surface area contributed by atoms with E-state index in [2.05, 4.69) is 0 Å². The minimum Gasteiger partial charge on any atom is -0.465 e. The molecule has 2 aromatic rings. The van der Waals surface area contributed by atoms with Crippen molar-refractivity contribution < 1.29 is 28.9 Å². The van der Waals surface area contributed by atoms with Gasteiger partial charge in [-0.1, -0.05) is 35.3 Å². The van der Waals surface area contributed by atoms with Crippen LogP contribution in [0.3, 0.4) is 0 Å². The number of carbonyl (C=O) groups is 2. The van der Waals surface area contributed by atoms with E-state index < -0.39 is 38.0 Å². The summed E-state index contributed by atoms with van der Waals surface area (Å²) in [5.74, 6) is -2.31. The molecular formula is C21H16Cl4N2O8. The molecule has 0 radical (unpaired) electrons. The Labute approximate surface area is 218 Å². The first-order chi connectivity index (χ1) is 16.4. The molecule has 0 aliphatic heterocycles. The average molecular weight is 566 g/mol. The quantitative estimate of drug-likeness (QED) is 0.168. The van der Waals surface area contributed by atoms with Gasteiger partial charge in [0.15, 0.2) is 0 Å². The highest BCUT2D eigenvalue weighted by Crippen LogP contribution is 2.59. The van der Waals surface area contributed by atoms with Crippen LogP contribution in [0, 0.1) is 32.1 Å². The molecule has 0 bridgehead atoms. The Morgan fingerprint density at radius 1 is 0.800 bits per heavy atom. The van der Waals surface area contributed by atoms with Crippen molar-refractivity contribution in [3.8, 4) is 0 Å². The Hall–Kier alpha value is -2.66. The molecule has 0 N–H and O–H groups in total. The Bertz CT molecular complexity index is 1100. The van der Waals surface area contributed by atoms with Gasteiger partial charge in [-0.05, 0) is 23.3 Å². The lowest BCUT2D eigenvalue weighted by atomic mass is 10.1. The number of hydrogen-bond acceptors (Lipinski definition) is 8. The number of carbonyl (C=O) groups excluding carboxylic acids is 2. The van der Waals surface area contributed by atoms with E-state index in [1.807, 2.05) is 0 Å². The fourth-order valence-electron chi connectivity index (χ4n) is 3.33. The highest BCUT2D eigenvalue weighted by molar-refractivity contribution is 6.51. The Morgan fingerprint density at radius 3 is 1.51 bits per heavy atom. The molecule has 0 heterocycles. The third kappa shape index (κ3) is 6.72. The van der Waals surface area contributed by atoms with Crippen LogP contribution in [0.1, 0.15) is 11.1 Å². The van der Waals surface area contributed by atoms with E-state index in [1.165, 1.54) is 36.4 Å². The zero-order valence-electron chi connectivity index (χ0n) is 17.6. The fourth-order valence-corrected chi connectivity index (χ4v) is 4.44. The van der Waals surface area contributed by atoms with E-state index in [1.54, 1.807) is 0 Å². The Kier molecular flexibility index (Phi) is 8.42. The van der Waals surface area contributed by atoms with E-state index >= 15 is 0 Å². The first-order valence-electron chi connectivity index (χ1n) is 9.94. The van der Waals surface area contributed by atoms with Crippen molar-refractivity contribution in [1.29, 1.82) is 0 Å². The number of nitrogens with zero attached hydrogens (tertiary/aromatic N) is 2. The van der Waals surface area contributed by atoms with Crippen molar-refractivity contribution in [1.82, 2.24) is 0 Å². The van der Waals surface area contributed by atoms with Crippen LogP contribution >= 0.6 is 46.4 Å². The minimum absolute atomic E-state index is 0.0502. The average Bonchev–Trinajstić information content (AvgIpc) is 3.31. The van der Waals surface area contributed by atoms with Gasteiger partial charge in [0.25, 0.3) is 11.4 Å². The van der Waals surface area contributed by atoms with Gasteiger partial charge in [0.2, 0.25) is 0 Å². The molecule has 0 saturated heterocycles. The molecule has 0 spiro atoms. The second-order valence-electron chi connectivity index (χ2n) is 7.69. The van der Waals surface area contributed by atoms with Gasteiger partial charge in [0.05, 0.1) is 35.9 Å². The molecule has 10 nitrogen and oxygen atoms in total. The lowest BCUT2D eigenvalue weighted by molar-refractivity contribution is -0.384. The van der Waals surface area contributed by atoms with Crippen LogP contribution in [0.15, 0.2) is 36.4 Å². The highest BCUT2D eigenvalue weighted by Gasteiger charge is 2.64. The molecule has 3 rings (SSSR count). The molecule has 1 aliphatic carbocycles. The lowest BCUT2D eigenvalue weighted by Gasteiger charge is -2.06. The monoisotopic (exact) mass is 564 g/mol. The topological polar surface area (TPSA) is 139 Å². The summed E-state index contributed by atoms with van der Waals surface area (Å²) in [5.41, 5.74) is 0.0419. The van der Waals surface area contributed by atoms with Gasteiger partial charge in [-0.3, -0.25) is 29.8 Å². The number of ether oxygens (including phenoxy) is 2. The van der Waals surface area contributed by atoms with Crippen molar-refractivity contribution in [2.75, 3.05) is 13.2 Å². The number of alkyl halides is 2. The van der Waals surface area contributed by atoms with E-state index in [0.29, 0.717) is 11.1 Å². The zero-order chi connectivity index (χ0) is 25.9. The van der Waals surface area contributed by atoms with Gasteiger partial charge in [0.1, 0.15) is 14.4 Å². The maximum absolute atomic E-state index is 12.1. The summed E-state index contributed by atoms with van der Waals surface area (Å²) < 4.78 is 9.10. The van der Waals surface area contributed by atoms with Crippen LogP contribution in [-0.2, 0) is 31.9 Å². The predicted molar refractivity (Wildman–Crippen MR) is 127 cm³/mol. The molecule has 2 aromatic carbocycles. The van der Waals surface area contributed by atoms with Gasteiger partial charge in [0, 0.05) is 24.0 Å². The summed E-state index contributed by atoms with van der Waals surface area (Å²) in [4.78, 5) is 44.9. The van der Waals surface area contributed by atoms with Gasteiger partial charge >= 0.3 is 11.9 Å². The maximum Gasteiger partial charge on any atom is 0.310 e. The number of hydrogen-bond donors (Lipinski definition) is 0. The second-order valence-corrected chi connectivity index (χ2v) is 9.95. The molecule has 0 aromatic heterocycles. The first kappa shape index (κ1) is 26.9. The molecular weight excluding hydrogens is 550 g/mol. The van der Waals surface area contributed by atoms with Crippen molar-refractivity contribution >= 4 is 69.7 Å². The molecule has 2 unspecified atom stereocenters. The summed E-state index contributed by atoms with van der Waals surface area (Å²) in [6, 6.07) is 7.95. The first-order valence-corrected chi connectivity index (χ1v) is 11.5. The third-order valence-electron chi connectivity index (χ3n) is 5.32. The van der Waals surface area contributed by atoms with E-state index in [9.17, 15) is 29.8 Å². The number of esters is 2. The van der Waals surface area contributed by atoms with Crippen LogP contribution < -0.4 is 0 Å². The van der Waals surface area contributed by atoms with Gasteiger partial charge < -0.3 is 9.47 Å². The SMILES string of the molecule is O=C(Cc1ccc(Cl)c([N+](=O)[O-])c1)OCC1C(COC(=O)Cc2ccc(Cl)c([N+](=O)[O-])c2)C1(Cl)Cl. The molecule has 2 atom stereocenters. The molecule has 0 amide bonds. The van der Waals surface area contributed by atoms with Crippen molar-refractivity contribution in [3.05, 3.63) is 77.8 Å². The number of benzene rings is 2. The van der Waals surface area contributed by atoms with E-state index in [0.717, 1.165) is 0 Å². The van der Waals surface area contributed by atoms with Crippen molar-refractivity contribution in [3.63, 3.8) is 0 Å². The predicted octanol–water partition coefficient (Wildman–Crippen LogP) is 5.10. The molecule has 1 aliphatic rings. The van der Waals surface area contributed by atoms with E-state index in [-0.39, 0.29) is 47.5 Å².